The van der Waals surface area contributed by atoms with Crippen LogP contribution in [0.25, 0.3) is 0 Å². The van der Waals surface area contributed by atoms with E-state index in [-0.39, 0.29) is 17.3 Å². The third-order valence-electron chi connectivity index (χ3n) is 6.02. The van der Waals surface area contributed by atoms with Crippen molar-refractivity contribution in [2.75, 3.05) is 17.4 Å². The van der Waals surface area contributed by atoms with Gasteiger partial charge < -0.3 is 10.2 Å². The molecular formula is C28H31Cl2N3O4S. The van der Waals surface area contributed by atoms with Crippen LogP contribution >= 0.6 is 23.2 Å². The predicted molar refractivity (Wildman–Crippen MR) is 152 cm³/mol. The standard InChI is InChI=1S/C28H31Cl2N3O4S/c1-4-26(28(35)31-5-2)32(18-21-13-14-22(29)17-25(21)30)27(34)19-33(23-15-11-20(3)12-16-23)38(36,37)24-9-7-6-8-10-24/h6-17,26H,4-5,18-19H2,1-3H3,(H,31,35)/t26-/m0/s1. The number of nitrogens with one attached hydrogen (secondary N) is 1. The van der Waals surface area contributed by atoms with Gasteiger partial charge in [-0.05, 0) is 62.2 Å². The number of rotatable bonds is 11. The molecule has 7 nitrogen and oxygen atoms in total. The highest BCUT2D eigenvalue weighted by Crippen LogP contribution is 2.27. The Morgan fingerprint density at radius 1 is 0.947 bits per heavy atom. The monoisotopic (exact) mass is 575 g/mol. The summed E-state index contributed by atoms with van der Waals surface area (Å²) in [5.74, 6) is -0.879. The first-order valence-electron chi connectivity index (χ1n) is 12.2. The Morgan fingerprint density at radius 2 is 1.61 bits per heavy atom. The fourth-order valence-corrected chi connectivity index (χ4v) is 5.91. The lowest BCUT2D eigenvalue weighted by molar-refractivity contribution is -0.140. The second-order valence-electron chi connectivity index (χ2n) is 8.74. The van der Waals surface area contributed by atoms with Crippen LogP contribution in [0.5, 0.6) is 0 Å². The van der Waals surface area contributed by atoms with Gasteiger partial charge in [-0.25, -0.2) is 8.42 Å². The molecule has 0 saturated heterocycles. The number of sulfonamides is 1. The van der Waals surface area contributed by atoms with Gasteiger partial charge in [-0.1, -0.05) is 72.1 Å². The molecule has 0 bridgehead atoms. The van der Waals surface area contributed by atoms with Crippen LogP contribution in [0.4, 0.5) is 5.69 Å². The third-order valence-corrected chi connectivity index (χ3v) is 8.40. The van der Waals surface area contributed by atoms with Crippen molar-refractivity contribution in [2.24, 2.45) is 0 Å². The van der Waals surface area contributed by atoms with Crippen molar-refractivity contribution in [3.05, 3.63) is 94.0 Å². The van der Waals surface area contributed by atoms with Gasteiger partial charge in [0, 0.05) is 23.1 Å². The van der Waals surface area contributed by atoms with Gasteiger partial charge in [0.25, 0.3) is 10.0 Å². The molecule has 0 aliphatic rings. The molecule has 10 heteroatoms. The number of amides is 2. The number of carbonyl (C=O) groups is 2. The molecule has 0 unspecified atom stereocenters. The normalized spacial score (nSPS) is 12.0. The Bertz CT molecular complexity index is 1370. The van der Waals surface area contributed by atoms with E-state index in [1.165, 1.54) is 17.0 Å². The second-order valence-corrected chi connectivity index (χ2v) is 11.4. The number of likely N-dealkylation sites (N-methyl/N-ethyl adjacent to an activating group) is 1. The molecule has 2 amide bonds. The lowest BCUT2D eigenvalue weighted by Crippen LogP contribution is -2.52. The highest BCUT2D eigenvalue weighted by molar-refractivity contribution is 7.92. The van der Waals surface area contributed by atoms with Gasteiger partial charge in [0.1, 0.15) is 12.6 Å². The van der Waals surface area contributed by atoms with E-state index in [0.717, 1.165) is 9.87 Å². The first-order chi connectivity index (χ1) is 18.1. The maximum Gasteiger partial charge on any atom is 0.264 e. The maximum atomic E-state index is 13.9. The van der Waals surface area contributed by atoms with E-state index >= 15 is 0 Å². The number of hydrogen-bond donors (Lipinski definition) is 1. The molecule has 0 radical (unpaired) electrons. The molecule has 3 aromatic carbocycles. The summed E-state index contributed by atoms with van der Waals surface area (Å²) in [6.07, 6.45) is 0.318. The minimum absolute atomic E-state index is 0.00238. The van der Waals surface area contributed by atoms with Crippen molar-refractivity contribution in [3.8, 4) is 0 Å². The van der Waals surface area contributed by atoms with Gasteiger partial charge in [0.15, 0.2) is 0 Å². The van der Waals surface area contributed by atoms with E-state index in [0.29, 0.717) is 34.3 Å². The summed E-state index contributed by atoms with van der Waals surface area (Å²) in [4.78, 5) is 28.3. The fraction of sp³-hybridized carbons (Fsp3) is 0.286. The SMILES string of the molecule is CCNC(=O)[C@H](CC)N(Cc1ccc(Cl)cc1Cl)C(=O)CN(c1ccc(C)cc1)S(=O)(=O)c1ccccc1. The lowest BCUT2D eigenvalue weighted by Gasteiger charge is -2.33. The highest BCUT2D eigenvalue weighted by Gasteiger charge is 2.33. The highest BCUT2D eigenvalue weighted by atomic mass is 35.5. The molecule has 0 saturated carbocycles. The van der Waals surface area contributed by atoms with E-state index in [4.69, 9.17) is 23.2 Å². The van der Waals surface area contributed by atoms with E-state index in [1.807, 2.05) is 6.92 Å². The van der Waals surface area contributed by atoms with Crippen LogP contribution in [0.1, 0.15) is 31.4 Å². The van der Waals surface area contributed by atoms with Crippen LogP contribution in [0.15, 0.2) is 77.7 Å². The molecule has 1 atom stereocenters. The Hall–Kier alpha value is -3.07. The minimum Gasteiger partial charge on any atom is -0.355 e. The van der Waals surface area contributed by atoms with Crippen molar-refractivity contribution in [1.82, 2.24) is 10.2 Å². The summed E-state index contributed by atoms with van der Waals surface area (Å²) in [6.45, 7) is 5.34. The molecular weight excluding hydrogens is 545 g/mol. The number of aryl methyl sites for hydroxylation is 1. The number of nitrogens with zero attached hydrogens (tertiary/aromatic N) is 2. The number of hydrogen-bond acceptors (Lipinski definition) is 4. The van der Waals surface area contributed by atoms with Gasteiger partial charge in [-0.15, -0.1) is 0 Å². The average molecular weight is 577 g/mol. The zero-order valence-corrected chi connectivity index (χ0v) is 23.9. The Labute approximate surface area is 234 Å². The Balaban J connectivity index is 2.06. The first-order valence-corrected chi connectivity index (χ1v) is 14.4. The van der Waals surface area contributed by atoms with Crippen molar-refractivity contribution >= 4 is 50.7 Å². The van der Waals surface area contributed by atoms with Crippen LogP contribution in [0.2, 0.25) is 10.0 Å². The zero-order chi connectivity index (χ0) is 27.9. The molecule has 3 aromatic rings. The van der Waals surface area contributed by atoms with Crippen LogP contribution in [0, 0.1) is 6.92 Å². The van der Waals surface area contributed by atoms with Crippen molar-refractivity contribution < 1.29 is 18.0 Å². The summed E-state index contributed by atoms with van der Waals surface area (Å²) >= 11 is 12.5. The van der Waals surface area contributed by atoms with Crippen molar-refractivity contribution in [2.45, 2.75) is 44.7 Å². The Kier molecular flexibility index (Phi) is 10.2. The van der Waals surface area contributed by atoms with Crippen LogP contribution in [-0.2, 0) is 26.2 Å². The summed E-state index contributed by atoms with van der Waals surface area (Å²) in [5.41, 5.74) is 1.86. The smallest absolute Gasteiger partial charge is 0.264 e. The predicted octanol–water partition coefficient (Wildman–Crippen LogP) is 5.44. The summed E-state index contributed by atoms with van der Waals surface area (Å²) < 4.78 is 28.6. The maximum absolute atomic E-state index is 13.9. The number of benzene rings is 3. The van der Waals surface area contributed by atoms with Crippen LogP contribution < -0.4 is 9.62 Å². The molecule has 0 spiro atoms. The lowest BCUT2D eigenvalue weighted by atomic mass is 10.1. The van der Waals surface area contributed by atoms with Crippen LogP contribution in [0.3, 0.4) is 0 Å². The molecule has 3 rings (SSSR count). The number of anilines is 1. The van der Waals surface area contributed by atoms with Crippen molar-refractivity contribution in [3.63, 3.8) is 0 Å². The minimum atomic E-state index is -4.10. The summed E-state index contributed by atoms with van der Waals surface area (Å²) in [5, 5.41) is 3.55. The van der Waals surface area contributed by atoms with Crippen LogP contribution in [-0.4, -0.2) is 44.3 Å². The molecule has 0 fully saturated rings. The van der Waals surface area contributed by atoms with E-state index in [2.05, 4.69) is 5.32 Å². The quantitative estimate of drug-likeness (QED) is 0.330. The molecule has 0 aliphatic heterocycles. The fourth-order valence-electron chi connectivity index (χ4n) is 4.00. The molecule has 38 heavy (non-hydrogen) atoms. The topological polar surface area (TPSA) is 86.8 Å². The largest absolute Gasteiger partial charge is 0.355 e. The van der Waals surface area contributed by atoms with Gasteiger partial charge in [0.2, 0.25) is 11.8 Å². The average Bonchev–Trinajstić information content (AvgIpc) is 2.89. The molecule has 0 heterocycles. The van der Waals surface area contributed by atoms with E-state index in [1.54, 1.807) is 74.5 Å². The van der Waals surface area contributed by atoms with Crippen molar-refractivity contribution in [1.29, 1.82) is 0 Å². The molecule has 202 valence electrons. The van der Waals surface area contributed by atoms with Gasteiger partial charge in [-0.3, -0.25) is 13.9 Å². The first kappa shape index (κ1) is 29.5. The second kappa shape index (κ2) is 13.1. The van der Waals surface area contributed by atoms with Gasteiger partial charge in [0.05, 0.1) is 10.6 Å². The molecule has 1 N–H and O–H groups in total. The Morgan fingerprint density at radius 3 is 2.18 bits per heavy atom. The van der Waals surface area contributed by atoms with Gasteiger partial charge in [-0.2, -0.15) is 0 Å². The molecule has 0 aliphatic carbocycles. The van der Waals surface area contributed by atoms with E-state index in [9.17, 15) is 18.0 Å². The van der Waals surface area contributed by atoms with Gasteiger partial charge >= 0.3 is 0 Å². The number of carbonyl (C=O) groups excluding carboxylic acids is 2. The summed E-state index contributed by atoms with van der Waals surface area (Å²) in [6, 6.07) is 18.9. The number of halogens is 2. The third kappa shape index (κ3) is 7.07. The molecule has 0 aromatic heterocycles. The zero-order valence-electron chi connectivity index (χ0n) is 21.5. The van der Waals surface area contributed by atoms with E-state index < -0.39 is 28.5 Å². The summed E-state index contributed by atoms with van der Waals surface area (Å²) in [7, 11) is -4.10.